The standard InChI is InChI=1S/C9H13N3O2/c1-2-8-11-4-7(5-12-8)3-10-6-9(13)14/h4-5,10H,2-3,6H2,1H3,(H,13,14). The molecule has 0 aliphatic heterocycles. The monoisotopic (exact) mass is 195 g/mol. The molecule has 0 unspecified atom stereocenters. The van der Waals surface area contributed by atoms with E-state index in [0.29, 0.717) is 6.54 Å². The third-order valence-electron chi connectivity index (χ3n) is 1.68. The molecule has 0 radical (unpaired) electrons. The first-order valence-corrected chi connectivity index (χ1v) is 4.44. The summed E-state index contributed by atoms with van der Waals surface area (Å²) in [6.07, 6.45) is 4.23. The minimum absolute atomic E-state index is 0.0461. The molecule has 1 aromatic rings. The van der Waals surface area contributed by atoms with E-state index in [9.17, 15) is 4.79 Å². The third-order valence-corrected chi connectivity index (χ3v) is 1.68. The van der Waals surface area contributed by atoms with Crippen LogP contribution in [0.25, 0.3) is 0 Å². The largest absolute Gasteiger partial charge is 0.480 e. The van der Waals surface area contributed by atoms with Crippen LogP contribution in [0.1, 0.15) is 18.3 Å². The molecule has 0 saturated heterocycles. The van der Waals surface area contributed by atoms with Gasteiger partial charge in [0.2, 0.25) is 0 Å². The van der Waals surface area contributed by atoms with Crippen LogP contribution in [0.4, 0.5) is 0 Å². The molecule has 0 amide bonds. The Morgan fingerprint density at radius 3 is 2.64 bits per heavy atom. The average Bonchev–Trinajstić information content (AvgIpc) is 2.18. The molecule has 0 aliphatic rings. The van der Waals surface area contributed by atoms with Gasteiger partial charge in [0.25, 0.3) is 0 Å². The second kappa shape index (κ2) is 5.29. The van der Waals surface area contributed by atoms with Gasteiger partial charge in [0.05, 0.1) is 6.54 Å². The van der Waals surface area contributed by atoms with Gasteiger partial charge < -0.3 is 10.4 Å². The van der Waals surface area contributed by atoms with Crippen LogP contribution in [0.5, 0.6) is 0 Å². The summed E-state index contributed by atoms with van der Waals surface area (Å²) in [6, 6.07) is 0. The van der Waals surface area contributed by atoms with Crippen LogP contribution in [-0.2, 0) is 17.8 Å². The number of carboxylic acid groups (broad SMARTS) is 1. The van der Waals surface area contributed by atoms with Crippen molar-refractivity contribution < 1.29 is 9.90 Å². The number of aromatic nitrogens is 2. The fraction of sp³-hybridized carbons (Fsp3) is 0.444. The van der Waals surface area contributed by atoms with Crippen molar-refractivity contribution in [1.82, 2.24) is 15.3 Å². The summed E-state index contributed by atoms with van der Waals surface area (Å²) < 4.78 is 0. The van der Waals surface area contributed by atoms with Crippen LogP contribution in [0.3, 0.4) is 0 Å². The zero-order chi connectivity index (χ0) is 10.4. The van der Waals surface area contributed by atoms with Crippen molar-refractivity contribution in [2.75, 3.05) is 6.54 Å². The van der Waals surface area contributed by atoms with Crippen LogP contribution >= 0.6 is 0 Å². The summed E-state index contributed by atoms with van der Waals surface area (Å²) in [6.45, 7) is 2.42. The van der Waals surface area contributed by atoms with Crippen LogP contribution in [-0.4, -0.2) is 27.6 Å². The number of carbonyl (C=O) groups is 1. The van der Waals surface area contributed by atoms with Gasteiger partial charge >= 0.3 is 5.97 Å². The number of hydrogen-bond donors (Lipinski definition) is 2. The number of carboxylic acids is 1. The fourth-order valence-electron chi connectivity index (χ4n) is 0.969. The van der Waals surface area contributed by atoms with Crippen molar-refractivity contribution in [1.29, 1.82) is 0 Å². The van der Waals surface area contributed by atoms with E-state index in [1.807, 2.05) is 6.92 Å². The molecule has 0 spiro atoms. The van der Waals surface area contributed by atoms with E-state index in [4.69, 9.17) is 5.11 Å². The smallest absolute Gasteiger partial charge is 0.317 e. The lowest BCUT2D eigenvalue weighted by molar-refractivity contribution is -0.135. The highest BCUT2D eigenvalue weighted by atomic mass is 16.4. The number of aryl methyl sites for hydroxylation is 1. The van der Waals surface area contributed by atoms with Crippen LogP contribution in [0, 0.1) is 0 Å². The van der Waals surface area contributed by atoms with E-state index >= 15 is 0 Å². The van der Waals surface area contributed by atoms with Gasteiger partial charge in [-0.05, 0) is 0 Å². The van der Waals surface area contributed by atoms with Gasteiger partial charge in [-0.15, -0.1) is 0 Å². The molecule has 14 heavy (non-hydrogen) atoms. The molecule has 0 fully saturated rings. The Morgan fingerprint density at radius 1 is 1.50 bits per heavy atom. The van der Waals surface area contributed by atoms with Crippen molar-refractivity contribution in [3.05, 3.63) is 23.8 Å². The fourth-order valence-corrected chi connectivity index (χ4v) is 0.969. The minimum Gasteiger partial charge on any atom is -0.480 e. The first kappa shape index (κ1) is 10.6. The molecule has 1 aromatic heterocycles. The second-order valence-corrected chi connectivity index (χ2v) is 2.86. The summed E-state index contributed by atoms with van der Waals surface area (Å²) in [7, 11) is 0. The Labute approximate surface area is 82.2 Å². The molecule has 0 saturated carbocycles. The van der Waals surface area contributed by atoms with E-state index in [-0.39, 0.29) is 6.54 Å². The molecule has 0 aromatic carbocycles. The molecule has 0 atom stereocenters. The molecule has 5 nitrogen and oxygen atoms in total. The first-order valence-electron chi connectivity index (χ1n) is 4.44. The van der Waals surface area contributed by atoms with E-state index < -0.39 is 5.97 Å². The molecule has 76 valence electrons. The Balaban J connectivity index is 2.40. The highest BCUT2D eigenvalue weighted by Crippen LogP contribution is 1.95. The molecule has 2 N–H and O–H groups in total. The van der Waals surface area contributed by atoms with Gasteiger partial charge in [-0.1, -0.05) is 6.92 Å². The average molecular weight is 195 g/mol. The minimum atomic E-state index is -0.865. The summed E-state index contributed by atoms with van der Waals surface area (Å²) in [5.41, 5.74) is 0.892. The van der Waals surface area contributed by atoms with Crippen molar-refractivity contribution in [2.24, 2.45) is 0 Å². The lowest BCUT2D eigenvalue weighted by atomic mass is 10.3. The highest BCUT2D eigenvalue weighted by molar-refractivity contribution is 5.68. The zero-order valence-corrected chi connectivity index (χ0v) is 8.03. The zero-order valence-electron chi connectivity index (χ0n) is 8.03. The number of aliphatic carboxylic acids is 1. The van der Waals surface area contributed by atoms with Crippen molar-refractivity contribution in [3.8, 4) is 0 Å². The predicted octanol–water partition coefficient (Wildman–Crippen LogP) is 0.213. The van der Waals surface area contributed by atoms with Gasteiger partial charge in [-0.25, -0.2) is 9.97 Å². The topological polar surface area (TPSA) is 75.1 Å². The summed E-state index contributed by atoms with van der Waals surface area (Å²) >= 11 is 0. The molecule has 1 rings (SSSR count). The van der Waals surface area contributed by atoms with Gasteiger partial charge in [0.15, 0.2) is 0 Å². The Hall–Kier alpha value is -1.49. The normalized spacial score (nSPS) is 10.1. The molecule has 1 heterocycles. The van der Waals surface area contributed by atoms with Gasteiger partial charge in [-0.2, -0.15) is 0 Å². The van der Waals surface area contributed by atoms with Crippen molar-refractivity contribution in [3.63, 3.8) is 0 Å². The van der Waals surface area contributed by atoms with Gasteiger partial charge in [0, 0.05) is 30.9 Å². The Bertz CT molecular complexity index is 297. The maximum Gasteiger partial charge on any atom is 0.317 e. The molecular weight excluding hydrogens is 182 g/mol. The Kier molecular flexibility index (Phi) is 4.00. The molecule has 5 heteroatoms. The summed E-state index contributed by atoms with van der Waals surface area (Å²) in [4.78, 5) is 18.4. The van der Waals surface area contributed by atoms with E-state index in [1.165, 1.54) is 0 Å². The number of nitrogens with zero attached hydrogens (tertiary/aromatic N) is 2. The molecule has 0 aliphatic carbocycles. The number of rotatable bonds is 5. The lowest BCUT2D eigenvalue weighted by Crippen LogP contribution is -2.22. The van der Waals surface area contributed by atoms with Crippen LogP contribution in [0.2, 0.25) is 0 Å². The van der Waals surface area contributed by atoms with Crippen LogP contribution < -0.4 is 5.32 Å². The predicted molar refractivity (Wildman–Crippen MR) is 50.8 cm³/mol. The molecule has 0 bridgehead atoms. The van der Waals surface area contributed by atoms with Crippen molar-refractivity contribution in [2.45, 2.75) is 19.9 Å². The molecular formula is C9H13N3O2. The van der Waals surface area contributed by atoms with Crippen LogP contribution in [0.15, 0.2) is 12.4 Å². The second-order valence-electron chi connectivity index (χ2n) is 2.86. The quantitative estimate of drug-likeness (QED) is 0.702. The van der Waals surface area contributed by atoms with E-state index in [2.05, 4.69) is 15.3 Å². The van der Waals surface area contributed by atoms with Gasteiger partial charge in [-0.3, -0.25) is 4.79 Å². The maximum absolute atomic E-state index is 10.2. The SMILES string of the molecule is CCc1ncc(CNCC(=O)O)cn1. The summed E-state index contributed by atoms with van der Waals surface area (Å²) in [5, 5.41) is 11.1. The Morgan fingerprint density at radius 2 is 2.14 bits per heavy atom. The number of nitrogens with one attached hydrogen (secondary N) is 1. The lowest BCUT2D eigenvalue weighted by Gasteiger charge is -2.01. The van der Waals surface area contributed by atoms with E-state index in [0.717, 1.165) is 17.8 Å². The highest BCUT2D eigenvalue weighted by Gasteiger charge is 1.98. The van der Waals surface area contributed by atoms with Gasteiger partial charge in [0.1, 0.15) is 5.82 Å². The first-order chi connectivity index (χ1) is 6.72. The summed E-state index contributed by atoms with van der Waals surface area (Å²) in [5.74, 6) is -0.0666. The maximum atomic E-state index is 10.2. The van der Waals surface area contributed by atoms with Crippen molar-refractivity contribution >= 4 is 5.97 Å². The third kappa shape index (κ3) is 3.49. The van der Waals surface area contributed by atoms with E-state index in [1.54, 1.807) is 12.4 Å². The number of hydrogen-bond acceptors (Lipinski definition) is 4.